The molecular weight excluding hydrogens is 338 g/mol. The number of nitrogens with zero attached hydrogens (tertiary/aromatic N) is 1. The summed E-state index contributed by atoms with van der Waals surface area (Å²) in [5.74, 6) is -0.676. The molecule has 1 aliphatic rings. The van der Waals surface area contributed by atoms with Crippen LogP contribution in [0.15, 0.2) is 29.2 Å². The van der Waals surface area contributed by atoms with Crippen LogP contribution in [0.5, 0.6) is 0 Å². The highest BCUT2D eigenvalue weighted by Crippen LogP contribution is 2.26. The normalized spacial score (nSPS) is 20.3. The number of benzene rings is 1. The summed E-state index contributed by atoms with van der Waals surface area (Å²) in [7, 11) is -7.04. The molecule has 0 radical (unpaired) electrons. The molecule has 1 amide bonds. The van der Waals surface area contributed by atoms with Gasteiger partial charge in [0.1, 0.15) is 0 Å². The second-order valence-electron chi connectivity index (χ2n) is 5.58. The van der Waals surface area contributed by atoms with E-state index in [9.17, 15) is 21.6 Å². The molecule has 0 unspecified atom stereocenters. The fourth-order valence-electron chi connectivity index (χ4n) is 2.70. The highest BCUT2D eigenvalue weighted by Gasteiger charge is 2.38. The summed E-state index contributed by atoms with van der Waals surface area (Å²) in [6.45, 7) is 4.77. The van der Waals surface area contributed by atoms with Crippen LogP contribution in [0.1, 0.15) is 30.6 Å². The third-order valence-corrected chi connectivity index (χ3v) is 8.26. The maximum atomic E-state index is 12.6. The van der Waals surface area contributed by atoms with Crippen LogP contribution in [0.4, 0.5) is 0 Å². The maximum Gasteiger partial charge on any atom is 0.253 e. The van der Waals surface area contributed by atoms with Crippen molar-refractivity contribution in [1.29, 1.82) is 0 Å². The molecule has 2 rings (SSSR count). The SMILES string of the molecule is CCN(CC)C(=O)c1cccc(S(=O)(=O)[C@@H]2CCS(=O)(=O)C2)c1. The molecule has 0 saturated carbocycles. The minimum Gasteiger partial charge on any atom is -0.339 e. The van der Waals surface area contributed by atoms with Crippen molar-refractivity contribution in [2.24, 2.45) is 0 Å². The Morgan fingerprint density at radius 2 is 1.91 bits per heavy atom. The monoisotopic (exact) mass is 359 g/mol. The summed E-state index contributed by atoms with van der Waals surface area (Å²) in [5, 5.41) is -0.925. The highest BCUT2D eigenvalue weighted by atomic mass is 32.2. The van der Waals surface area contributed by atoms with E-state index in [1.165, 1.54) is 18.2 Å². The molecule has 1 aliphatic heterocycles. The largest absolute Gasteiger partial charge is 0.339 e. The zero-order chi connectivity index (χ0) is 17.3. The number of amides is 1. The second-order valence-corrected chi connectivity index (χ2v) is 10.0. The van der Waals surface area contributed by atoms with Crippen LogP contribution in [0, 0.1) is 0 Å². The molecule has 0 aliphatic carbocycles. The van der Waals surface area contributed by atoms with Gasteiger partial charge in [-0.05, 0) is 38.5 Å². The predicted molar refractivity (Wildman–Crippen MR) is 87.9 cm³/mol. The first-order valence-corrected chi connectivity index (χ1v) is 10.9. The van der Waals surface area contributed by atoms with Crippen molar-refractivity contribution < 1.29 is 21.6 Å². The summed E-state index contributed by atoms with van der Waals surface area (Å²) in [4.78, 5) is 14.0. The summed E-state index contributed by atoms with van der Waals surface area (Å²) in [6.07, 6.45) is 0.110. The van der Waals surface area contributed by atoms with Gasteiger partial charge in [-0.1, -0.05) is 6.07 Å². The molecule has 6 nitrogen and oxygen atoms in total. The number of hydrogen-bond donors (Lipinski definition) is 0. The van der Waals surface area contributed by atoms with E-state index in [-0.39, 0.29) is 28.7 Å². The molecule has 1 fully saturated rings. The lowest BCUT2D eigenvalue weighted by molar-refractivity contribution is 0.0772. The van der Waals surface area contributed by atoms with Crippen molar-refractivity contribution in [3.05, 3.63) is 29.8 Å². The van der Waals surface area contributed by atoms with Crippen LogP contribution in [0.2, 0.25) is 0 Å². The number of carbonyl (C=O) groups is 1. The second kappa shape index (κ2) is 6.60. The smallest absolute Gasteiger partial charge is 0.253 e. The summed E-state index contributed by atoms with van der Waals surface area (Å²) < 4.78 is 48.3. The summed E-state index contributed by atoms with van der Waals surface area (Å²) >= 11 is 0. The average Bonchev–Trinajstić information content (AvgIpc) is 2.89. The van der Waals surface area contributed by atoms with Gasteiger partial charge in [0.25, 0.3) is 5.91 Å². The molecule has 23 heavy (non-hydrogen) atoms. The predicted octanol–water partition coefficient (Wildman–Crippen LogP) is 1.13. The quantitative estimate of drug-likeness (QED) is 0.786. The molecular formula is C15H21NO5S2. The molecule has 0 N–H and O–H groups in total. The molecule has 8 heteroatoms. The van der Waals surface area contributed by atoms with Crippen LogP contribution in [-0.2, 0) is 19.7 Å². The Kier molecular flexibility index (Phi) is 5.15. The van der Waals surface area contributed by atoms with Crippen LogP contribution in [0.25, 0.3) is 0 Å². The van der Waals surface area contributed by atoms with Gasteiger partial charge in [0.15, 0.2) is 19.7 Å². The van der Waals surface area contributed by atoms with Gasteiger partial charge in [0.05, 0.1) is 21.7 Å². The molecule has 1 aromatic carbocycles. The van der Waals surface area contributed by atoms with Crippen LogP contribution >= 0.6 is 0 Å². The van der Waals surface area contributed by atoms with E-state index in [0.717, 1.165) is 0 Å². The van der Waals surface area contributed by atoms with E-state index in [2.05, 4.69) is 0 Å². The first kappa shape index (κ1) is 17.9. The summed E-state index contributed by atoms with van der Waals surface area (Å²) in [6, 6.07) is 5.86. The molecule has 128 valence electrons. The third-order valence-electron chi connectivity index (χ3n) is 4.09. The Bertz CT molecular complexity index is 795. The van der Waals surface area contributed by atoms with E-state index >= 15 is 0 Å². The van der Waals surface area contributed by atoms with E-state index in [0.29, 0.717) is 18.7 Å². The van der Waals surface area contributed by atoms with Crippen molar-refractivity contribution in [2.45, 2.75) is 30.4 Å². The van der Waals surface area contributed by atoms with Gasteiger partial charge in [-0.25, -0.2) is 16.8 Å². The first-order chi connectivity index (χ1) is 10.7. The molecule has 1 saturated heterocycles. The van der Waals surface area contributed by atoms with Crippen molar-refractivity contribution >= 4 is 25.6 Å². The maximum absolute atomic E-state index is 12.6. The Morgan fingerprint density at radius 3 is 2.43 bits per heavy atom. The zero-order valence-corrected chi connectivity index (χ0v) is 14.9. The third kappa shape index (κ3) is 3.74. The van der Waals surface area contributed by atoms with E-state index in [4.69, 9.17) is 0 Å². The zero-order valence-electron chi connectivity index (χ0n) is 13.2. The highest BCUT2D eigenvalue weighted by molar-refractivity contribution is 7.96. The topological polar surface area (TPSA) is 88.6 Å². The first-order valence-electron chi connectivity index (χ1n) is 7.55. The lowest BCUT2D eigenvalue weighted by Crippen LogP contribution is -2.30. The Morgan fingerprint density at radius 1 is 1.26 bits per heavy atom. The molecule has 0 spiro atoms. The van der Waals surface area contributed by atoms with Crippen LogP contribution < -0.4 is 0 Å². The van der Waals surface area contributed by atoms with Crippen molar-refractivity contribution in [1.82, 2.24) is 4.90 Å². The van der Waals surface area contributed by atoms with E-state index in [1.54, 1.807) is 11.0 Å². The number of carbonyl (C=O) groups excluding carboxylic acids is 1. The van der Waals surface area contributed by atoms with Gasteiger partial charge < -0.3 is 4.90 Å². The molecule has 1 atom stereocenters. The molecule has 0 aromatic heterocycles. The van der Waals surface area contributed by atoms with Crippen molar-refractivity contribution in [3.63, 3.8) is 0 Å². The molecule has 1 aromatic rings. The van der Waals surface area contributed by atoms with E-state index in [1.807, 2.05) is 13.8 Å². The molecule has 0 bridgehead atoms. The van der Waals surface area contributed by atoms with Gasteiger partial charge in [0, 0.05) is 18.7 Å². The Hall–Kier alpha value is -1.41. The molecule has 1 heterocycles. The van der Waals surface area contributed by atoms with Crippen molar-refractivity contribution in [2.75, 3.05) is 24.6 Å². The fraction of sp³-hybridized carbons (Fsp3) is 0.533. The van der Waals surface area contributed by atoms with Crippen LogP contribution in [-0.4, -0.2) is 57.5 Å². The Labute approximate surface area is 137 Å². The van der Waals surface area contributed by atoms with Gasteiger partial charge in [-0.15, -0.1) is 0 Å². The minimum atomic E-state index is -3.75. The van der Waals surface area contributed by atoms with Gasteiger partial charge in [-0.3, -0.25) is 4.79 Å². The average molecular weight is 359 g/mol. The lowest BCUT2D eigenvalue weighted by Gasteiger charge is -2.19. The van der Waals surface area contributed by atoms with E-state index < -0.39 is 24.9 Å². The number of sulfone groups is 2. The van der Waals surface area contributed by atoms with Gasteiger partial charge in [0.2, 0.25) is 0 Å². The Balaban J connectivity index is 2.34. The minimum absolute atomic E-state index is 0.0117. The van der Waals surface area contributed by atoms with Gasteiger partial charge >= 0.3 is 0 Å². The summed E-state index contributed by atoms with van der Waals surface area (Å²) in [5.41, 5.74) is 0.302. The van der Waals surface area contributed by atoms with Crippen LogP contribution in [0.3, 0.4) is 0 Å². The van der Waals surface area contributed by atoms with Gasteiger partial charge in [-0.2, -0.15) is 0 Å². The fourth-order valence-corrected chi connectivity index (χ4v) is 7.10. The van der Waals surface area contributed by atoms with Crippen molar-refractivity contribution in [3.8, 4) is 0 Å². The number of hydrogen-bond acceptors (Lipinski definition) is 5. The lowest BCUT2D eigenvalue weighted by atomic mass is 10.2. The standard InChI is InChI=1S/C15H21NO5S2/c1-3-16(4-2)15(17)12-6-5-7-13(10-12)23(20,21)14-8-9-22(18,19)11-14/h5-7,10,14H,3-4,8-9,11H2,1-2H3/t14-/m1/s1. The number of rotatable bonds is 5.